The normalized spacial score (nSPS) is 14.0. The number of nitrogens with two attached hydrogens (primary N) is 1. The summed E-state index contributed by atoms with van der Waals surface area (Å²) in [7, 11) is 0. The van der Waals surface area contributed by atoms with Crippen molar-refractivity contribution in [2.24, 2.45) is 0 Å². The second-order valence-corrected chi connectivity index (χ2v) is 10.3. The maximum Gasteiger partial charge on any atom is 0.412 e. The van der Waals surface area contributed by atoms with Gasteiger partial charge in [0.2, 0.25) is 5.88 Å². The summed E-state index contributed by atoms with van der Waals surface area (Å²) >= 11 is 5.96. The van der Waals surface area contributed by atoms with E-state index in [1.54, 1.807) is 18.3 Å². The molecule has 1 fully saturated rings. The summed E-state index contributed by atoms with van der Waals surface area (Å²) in [6, 6.07) is 27.1. The van der Waals surface area contributed by atoms with Gasteiger partial charge >= 0.3 is 6.09 Å². The molecule has 2 heterocycles. The van der Waals surface area contributed by atoms with Crippen molar-refractivity contribution >= 4 is 23.4 Å². The third-order valence-electron chi connectivity index (χ3n) is 6.96. The summed E-state index contributed by atoms with van der Waals surface area (Å²) in [5.41, 5.74) is 10.9. The average Bonchev–Trinajstić information content (AvgIpc) is 2.97. The van der Waals surface area contributed by atoms with Gasteiger partial charge in [0, 0.05) is 43.5 Å². The van der Waals surface area contributed by atoms with Gasteiger partial charge in [-0.25, -0.2) is 9.78 Å². The molecule has 3 N–H and O–H groups in total. The van der Waals surface area contributed by atoms with E-state index >= 15 is 0 Å². The molecule has 4 aromatic rings. The van der Waals surface area contributed by atoms with Crippen molar-refractivity contribution in [3.8, 4) is 22.8 Å². The Bertz CT molecular complexity index is 1390. The molecule has 1 aliphatic heterocycles. The molecule has 1 aromatic heterocycles. The lowest BCUT2D eigenvalue weighted by atomic mass is 10.1. The molecule has 0 radical (unpaired) electrons. The van der Waals surface area contributed by atoms with Crippen LogP contribution in [0.2, 0.25) is 5.02 Å². The molecule has 1 amide bonds. The van der Waals surface area contributed by atoms with E-state index in [2.05, 4.69) is 39.5 Å². The van der Waals surface area contributed by atoms with Gasteiger partial charge in [0.1, 0.15) is 6.10 Å². The first-order chi connectivity index (χ1) is 19.5. The lowest BCUT2D eigenvalue weighted by molar-refractivity contribution is 0.0932. The molecule has 0 atom stereocenters. The third kappa shape index (κ3) is 7.74. The van der Waals surface area contributed by atoms with E-state index in [1.807, 2.05) is 48.5 Å². The molecule has 5 rings (SSSR count). The number of carbonyl (C=O) groups excluding carboxylic acids is 1. The minimum Gasteiger partial charge on any atom is -0.474 e. The van der Waals surface area contributed by atoms with Crippen molar-refractivity contribution < 1.29 is 14.3 Å². The van der Waals surface area contributed by atoms with E-state index in [0.717, 1.165) is 49.2 Å². The molecular weight excluding hydrogens is 524 g/mol. The van der Waals surface area contributed by atoms with E-state index in [0.29, 0.717) is 35.3 Å². The molecule has 7 nitrogen and oxygen atoms in total. The number of nitrogens with one attached hydrogen (secondary N) is 1. The van der Waals surface area contributed by atoms with Gasteiger partial charge in [-0.1, -0.05) is 60.1 Å². The smallest absolute Gasteiger partial charge is 0.412 e. The minimum atomic E-state index is -0.530. The second kappa shape index (κ2) is 13.3. The number of ether oxygens (including phenoxy) is 2. The zero-order chi connectivity index (χ0) is 27.7. The lowest BCUT2D eigenvalue weighted by Gasteiger charge is -2.31. The number of nitrogen functional groups attached to an aromatic ring is 1. The predicted octanol–water partition coefficient (Wildman–Crippen LogP) is 6.36. The Morgan fingerprint density at radius 3 is 2.38 bits per heavy atom. The van der Waals surface area contributed by atoms with Gasteiger partial charge in [-0.15, -0.1) is 0 Å². The van der Waals surface area contributed by atoms with Gasteiger partial charge in [-0.3, -0.25) is 4.90 Å². The Kier molecular flexibility index (Phi) is 9.16. The monoisotopic (exact) mass is 556 g/mol. The molecule has 0 spiro atoms. The van der Waals surface area contributed by atoms with E-state index in [9.17, 15) is 4.79 Å². The first kappa shape index (κ1) is 27.5. The number of aromatic nitrogens is 1. The lowest BCUT2D eigenvalue weighted by Crippen LogP contribution is -2.37. The first-order valence-electron chi connectivity index (χ1n) is 13.5. The Balaban J connectivity index is 1.02. The molecule has 40 heavy (non-hydrogen) atoms. The number of rotatable bonds is 9. The molecular formula is C32H33ClN4O3. The van der Waals surface area contributed by atoms with Gasteiger partial charge in [-0.05, 0) is 71.8 Å². The van der Waals surface area contributed by atoms with Crippen molar-refractivity contribution in [3.63, 3.8) is 0 Å². The molecule has 3 aromatic carbocycles. The molecule has 0 unspecified atom stereocenters. The fraction of sp³-hybridized carbons (Fsp3) is 0.250. The van der Waals surface area contributed by atoms with Gasteiger partial charge < -0.3 is 20.5 Å². The highest BCUT2D eigenvalue weighted by Crippen LogP contribution is 2.29. The maximum atomic E-state index is 12.3. The molecule has 0 bridgehead atoms. The van der Waals surface area contributed by atoms with Crippen LogP contribution in [0.3, 0.4) is 0 Å². The summed E-state index contributed by atoms with van der Waals surface area (Å²) in [4.78, 5) is 19.0. The summed E-state index contributed by atoms with van der Waals surface area (Å²) in [5.74, 6) is 1.03. The summed E-state index contributed by atoms with van der Waals surface area (Å²) in [6.45, 7) is 3.38. The number of likely N-dealkylation sites (tertiary alicyclic amines) is 1. The Hall–Kier alpha value is -4.07. The van der Waals surface area contributed by atoms with Crippen molar-refractivity contribution in [2.45, 2.75) is 31.9 Å². The topological polar surface area (TPSA) is 89.7 Å². The van der Waals surface area contributed by atoms with Gasteiger partial charge in [-0.2, -0.15) is 0 Å². The summed E-state index contributed by atoms with van der Waals surface area (Å²) in [5, 5.41) is 3.48. The number of amides is 1. The van der Waals surface area contributed by atoms with Crippen LogP contribution in [-0.4, -0.2) is 41.7 Å². The van der Waals surface area contributed by atoms with Crippen molar-refractivity contribution in [2.75, 3.05) is 25.4 Å². The summed E-state index contributed by atoms with van der Waals surface area (Å²) < 4.78 is 11.4. The quantitative estimate of drug-likeness (QED) is 0.233. The highest BCUT2D eigenvalue weighted by molar-refractivity contribution is 6.30. The molecule has 0 saturated carbocycles. The minimum absolute atomic E-state index is 0.220. The number of anilines is 1. The fourth-order valence-electron chi connectivity index (χ4n) is 4.75. The third-order valence-corrected chi connectivity index (χ3v) is 7.21. The SMILES string of the molecule is Nc1cc(-c2ccc(Cl)cc2)ccc1OC(=O)NCCc1ccc(CN2CCC(Oc3ccccn3)CC2)cc1. The predicted molar refractivity (Wildman–Crippen MR) is 159 cm³/mol. The number of pyridine rings is 1. The standard InChI is InChI=1S/C32H33ClN4O3/c33-27-11-8-25(9-12-27)26-10-13-30(29(34)21-26)40-32(38)36-18-14-23-4-6-24(7-5-23)22-37-19-15-28(16-20-37)39-31-3-1-2-17-35-31/h1-13,17,21,28H,14-16,18-20,22,34H2,(H,36,38). The van der Waals surface area contributed by atoms with E-state index in [1.165, 1.54) is 5.56 Å². The molecule has 1 aliphatic rings. The van der Waals surface area contributed by atoms with Crippen LogP contribution in [0.25, 0.3) is 11.1 Å². The van der Waals surface area contributed by atoms with Crippen molar-refractivity contribution in [3.05, 3.63) is 107 Å². The van der Waals surface area contributed by atoms with Crippen LogP contribution in [0.15, 0.2) is 91.1 Å². The Morgan fingerprint density at radius 2 is 1.68 bits per heavy atom. The van der Waals surface area contributed by atoms with E-state index in [4.69, 9.17) is 26.8 Å². The van der Waals surface area contributed by atoms with Gasteiger partial charge in [0.05, 0.1) is 5.69 Å². The summed E-state index contributed by atoms with van der Waals surface area (Å²) in [6.07, 6.45) is 4.14. The molecule has 8 heteroatoms. The van der Waals surface area contributed by atoms with Crippen LogP contribution < -0.4 is 20.5 Å². The Morgan fingerprint density at radius 1 is 0.950 bits per heavy atom. The molecule has 1 saturated heterocycles. The van der Waals surface area contributed by atoms with E-state index < -0.39 is 6.09 Å². The maximum absolute atomic E-state index is 12.3. The van der Waals surface area contributed by atoms with Crippen molar-refractivity contribution in [1.82, 2.24) is 15.2 Å². The molecule has 0 aliphatic carbocycles. The number of hydrogen-bond acceptors (Lipinski definition) is 6. The van der Waals surface area contributed by atoms with Crippen LogP contribution in [0, 0.1) is 0 Å². The average molecular weight is 557 g/mol. The van der Waals surface area contributed by atoms with Crippen molar-refractivity contribution in [1.29, 1.82) is 0 Å². The largest absolute Gasteiger partial charge is 0.474 e. The fourth-order valence-corrected chi connectivity index (χ4v) is 4.88. The first-order valence-corrected chi connectivity index (χ1v) is 13.9. The number of carbonyl (C=O) groups is 1. The number of benzene rings is 3. The van der Waals surface area contributed by atoms with Crippen LogP contribution in [0.4, 0.5) is 10.5 Å². The van der Waals surface area contributed by atoms with Gasteiger partial charge in [0.15, 0.2) is 5.75 Å². The number of hydrogen-bond donors (Lipinski definition) is 2. The van der Waals surface area contributed by atoms with Crippen LogP contribution >= 0.6 is 11.6 Å². The highest BCUT2D eigenvalue weighted by Gasteiger charge is 2.21. The zero-order valence-electron chi connectivity index (χ0n) is 22.3. The Labute approximate surface area is 239 Å². The number of halogens is 1. The van der Waals surface area contributed by atoms with E-state index in [-0.39, 0.29) is 6.10 Å². The van der Waals surface area contributed by atoms with Crippen LogP contribution in [0.5, 0.6) is 11.6 Å². The second-order valence-electron chi connectivity index (χ2n) is 9.90. The number of piperidine rings is 1. The molecule has 206 valence electrons. The van der Waals surface area contributed by atoms with Crippen LogP contribution in [-0.2, 0) is 13.0 Å². The van der Waals surface area contributed by atoms with Crippen LogP contribution in [0.1, 0.15) is 24.0 Å². The van der Waals surface area contributed by atoms with Gasteiger partial charge in [0.25, 0.3) is 0 Å². The zero-order valence-corrected chi connectivity index (χ0v) is 23.0. The number of nitrogens with zero attached hydrogens (tertiary/aromatic N) is 2. The highest BCUT2D eigenvalue weighted by atomic mass is 35.5.